The van der Waals surface area contributed by atoms with Gasteiger partial charge in [0.05, 0.1) is 18.6 Å². The molecule has 0 aromatic heterocycles. The lowest BCUT2D eigenvalue weighted by atomic mass is 9.77. The Morgan fingerprint density at radius 3 is 1.89 bits per heavy atom. The number of nitrogens with one attached hydrogen (secondary N) is 4. The van der Waals surface area contributed by atoms with Gasteiger partial charge in [-0.15, -0.1) is 0 Å². The van der Waals surface area contributed by atoms with Crippen molar-refractivity contribution < 1.29 is 46.6 Å². The van der Waals surface area contributed by atoms with Crippen LogP contribution in [0.25, 0.3) is 0 Å². The topological polar surface area (TPSA) is 152 Å². The van der Waals surface area contributed by atoms with Crippen LogP contribution in [0.2, 0.25) is 5.02 Å². The first-order valence-corrected chi connectivity index (χ1v) is 19.1. The van der Waals surface area contributed by atoms with Crippen molar-refractivity contribution in [3.05, 3.63) is 100 Å². The van der Waals surface area contributed by atoms with Crippen LogP contribution in [0.3, 0.4) is 0 Å². The molecule has 1 aliphatic rings. The second-order valence-corrected chi connectivity index (χ2v) is 15.9. The van der Waals surface area contributed by atoms with Gasteiger partial charge < -0.3 is 30.7 Å². The second-order valence-electron chi connectivity index (χ2n) is 15.5. The average molecular weight is 815 g/mol. The maximum Gasteiger partial charge on any atom is 0.452 e. The summed E-state index contributed by atoms with van der Waals surface area (Å²) in [5.41, 5.74) is 0.602. The molecule has 15 heteroatoms. The van der Waals surface area contributed by atoms with E-state index in [1.165, 1.54) is 45.2 Å². The number of hydrogen-bond donors (Lipinski definition) is 4. The lowest BCUT2D eigenvalue weighted by Crippen LogP contribution is -2.56. The molecule has 1 saturated carbocycles. The monoisotopic (exact) mass is 814 g/mol. The van der Waals surface area contributed by atoms with Crippen LogP contribution in [-0.4, -0.2) is 60.6 Å². The van der Waals surface area contributed by atoms with E-state index in [0.717, 1.165) is 24.0 Å². The number of benzene rings is 3. The number of carbonyl (C=O) groups is 5. The van der Waals surface area contributed by atoms with Crippen molar-refractivity contribution in [2.75, 3.05) is 7.11 Å². The van der Waals surface area contributed by atoms with E-state index in [1.807, 2.05) is 0 Å². The number of hydrogen-bond acceptors (Lipinski definition) is 7. The maximum absolute atomic E-state index is 14.4. The molecule has 4 amide bonds. The third-order valence-corrected chi connectivity index (χ3v) is 9.99. The number of ketones is 1. The molecule has 3 aromatic rings. The highest BCUT2D eigenvalue weighted by molar-refractivity contribution is 6.30. The number of amides is 4. The molecule has 3 aromatic carbocycles. The van der Waals surface area contributed by atoms with Crippen LogP contribution in [0.4, 0.5) is 18.0 Å². The molecule has 308 valence electrons. The van der Waals surface area contributed by atoms with Gasteiger partial charge in [-0.2, -0.15) is 13.2 Å². The van der Waals surface area contributed by atoms with Gasteiger partial charge in [0.15, 0.2) is 0 Å². The molecular weight excluding hydrogens is 765 g/mol. The van der Waals surface area contributed by atoms with Gasteiger partial charge in [0, 0.05) is 18.0 Å². The first-order chi connectivity index (χ1) is 26.7. The van der Waals surface area contributed by atoms with Gasteiger partial charge in [-0.25, -0.2) is 4.79 Å². The Hall–Kier alpha value is -5.11. The molecule has 4 N–H and O–H groups in total. The number of carbonyl (C=O) groups excluding carboxylic acids is 5. The first-order valence-electron chi connectivity index (χ1n) is 18.7. The highest BCUT2D eigenvalue weighted by Crippen LogP contribution is 2.42. The minimum absolute atomic E-state index is 0.0494. The SMILES string of the molecule is COc1ccc(C(NC(=O)C(Cc2ccc(CNC(=O)OC(C)(C)C)cc2)NC(=O)C2(c3ccc(Cl)cc3)CCCC2)C(=O)NC(C(=O)C(F)(F)F)C(C)C)cc1. The zero-order valence-corrected chi connectivity index (χ0v) is 33.6. The van der Waals surface area contributed by atoms with E-state index in [-0.39, 0.29) is 18.5 Å². The fraction of sp³-hybridized carbons (Fsp3) is 0.452. The number of alkyl carbamates (subject to hydrolysis) is 1. The highest BCUT2D eigenvalue weighted by Gasteiger charge is 2.46. The summed E-state index contributed by atoms with van der Waals surface area (Å²) < 4.78 is 51.2. The predicted octanol–water partition coefficient (Wildman–Crippen LogP) is 7.04. The molecule has 0 saturated heterocycles. The van der Waals surface area contributed by atoms with Crippen molar-refractivity contribution in [2.45, 2.75) is 109 Å². The van der Waals surface area contributed by atoms with E-state index >= 15 is 0 Å². The van der Waals surface area contributed by atoms with Crippen molar-refractivity contribution in [3.63, 3.8) is 0 Å². The first kappa shape index (κ1) is 44.6. The number of ether oxygens (including phenoxy) is 2. The molecule has 1 aliphatic carbocycles. The van der Waals surface area contributed by atoms with Gasteiger partial charge >= 0.3 is 12.3 Å². The van der Waals surface area contributed by atoms with Crippen LogP contribution in [0.15, 0.2) is 72.8 Å². The van der Waals surface area contributed by atoms with Crippen molar-refractivity contribution in [3.8, 4) is 5.75 Å². The van der Waals surface area contributed by atoms with Gasteiger partial charge in [0.2, 0.25) is 17.7 Å². The molecule has 3 atom stereocenters. The molecule has 0 bridgehead atoms. The molecule has 11 nitrogen and oxygen atoms in total. The smallest absolute Gasteiger partial charge is 0.452 e. The molecule has 0 spiro atoms. The fourth-order valence-electron chi connectivity index (χ4n) is 6.70. The second kappa shape index (κ2) is 18.9. The van der Waals surface area contributed by atoms with Crippen LogP contribution in [0, 0.1) is 5.92 Å². The number of methoxy groups -OCH3 is 1. The van der Waals surface area contributed by atoms with Crippen LogP contribution < -0.4 is 26.0 Å². The van der Waals surface area contributed by atoms with Crippen LogP contribution in [-0.2, 0) is 42.3 Å². The number of Topliss-reactive ketones (excluding diaryl/α,β-unsaturated/α-hetero) is 1. The quantitative estimate of drug-likeness (QED) is 0.129. The van der Waals surface area contributed by atoms with E-state index in [0.29, 0.717) is 29.2 Å². The average Bonchev–Trinajstić information content (AvgIpc) is 3.65. The number of alkyl halides is 3. The summed E-state index contributed by atoms with van der Waals surface area (Å²) in [6, 6.07) is 15.1. The van der Waals surface area contributed by atoms with Gasteiger partial charge in [-0.05, 0) is 86.1 Å². The van der Waals surface area contributed by atoms with E-state index in [9.17, 15) is 37.1 Å². The Morgan fingerprint density at radius 1 is 0.789 bits per heavy atom. The van der Waals surface area contributed by atoms with Crippen LogP contribution >= 0.6 is 11.6 Å². The Balaban J connectivity index is 1.67. The molecular formula is C42H50ClF3N4O7. The van der Waals surface area contributed by atoms with E-state index in [2.05, 4.69) is 21.3 Å². The van der Waals surface area contributed by atoms with E-state index < -0.39 is 70.8 Å². The molecule has 0 aliphatic heterocycles. The zero-order valence-electron chi connectivity index (χ0n) is 32.8. The minimum atomic E-state index is -5.22. The summed E-state index contributed by atoms with van der Waals surface area (Å²) in [4.78, 5) is 67.2. The third kappa shape index (κ3) is 12.2. The van der Waals surface area contributed by atoms with Crippen LogP contribution in [0.1, 0.15) is 88.6 Å². The molecule has 1 fully saturated rings. The van der Waals surface area contributed by atoms with Crippen molar-refractivity contribution in [1.82, 2.24) is 21.3 Å². The lowest BCUT2D eigenvalue weighted by molar-refractivity contribution is -0.175. The normalized spacial score (nSPS) is 15.5. The van der Waals surface area contributed by atoms with E-state index in [4.69, 9.17) is 21.1 Å². The molecule has 0 heterocycles. The molecule has 4 rings (SSSR count). The summed E-state index contributed by atoms with van der Waals surface area (Å²) in [7, 11) is 1.43. The fourth-order valence-corrected chi connectivity index (χ4v) is 6.83. The Morgan fingerprint density at radius 2 is 1.37 bits per heavy atom. The zero-order chi connectivity index (χ0) is 42.1. The predicted molar refractivity (Wildman–Crippen MR) is 208 cm³/mol. The third-order valence-electron chi connectivity index (χ3n) is 9.73. The highest BCUT2D eigenvalue weighted by atomic mass is 35.5. The lowest BCUT2D eigenvalue weighted by Gasteiger charge is -2.31. The minimum Gasteiger partial charge on any atom is -0.497 e. The Bertz CT molecular complexity index is 1870. The van der Waals surface area contributed by atoms with Crippen molar-refractivity contribution in [2.24, 2.45) is 5.92 Å². The summed E-state index contributed by atoms with van der Waals surface area (Å²) in [6.45, 7) is 8.13. The van der Waals surface area contributed by atoms with Crippen molar-refractivity contribution >= 4 is 41.2 Å². The van der Waals surface area contributed by atoms with Gasteiger partial charge in [-0.1, -0.05) is 86.8 Å². The Labute approximate surface area is 335 Å². The summed E-state index contributed by atoms with van der Waals surface area (Å²) >= 11 is 6.17. The van der Waals surface area contributed by atoms with Crippen molar-refractivity contribution in [1.29, 1.82) is 0 Å². The Kier molecular flexibility index (Phi) is 14.8. The number of rotatable bonds is 15. The van der Waals surface area contributed by atoms with Gasteiger partial charge in [0.25, 0.3) is 5.78 Å². The summed E-state index contributed by atoms with van der Waals surface area (Å²) in [5, 5.41) is 11.0. The largest absolute Gasteiger partial charge is 0.497 e. The van der Waals surface area contributed by atoms with E-state index in [1.54, 1.807) is 69.3 Å². The summed E-state index contributed by atoms with van der Waals surface area (Å²) in [5.74, 6) is -4.95. The number of halogens is 4. The standard InChI is InChI=1S/C42H50ClF3N4O7/c1-25(2)33(35(51)42(44,45)46)49-37(53)34(28-13-19-31(56-6)20-14-28)50-36(52)32(23-26-9-11-27(12-10-26)24-47-39(55)57-40(3,4)5)48-38(54)41(21-7-8-22-41)29-15-17-30(43)18-16-29/h9-20,25,32-34H,7-8,21-24H2,1-6H3,(H,47,55)(H,48,54)(H,49,53)(H,50,52). The summed E-state index contributed by atoms with van der Waals surface area (Å²) in [6.07, 6.45) is -3.32. The van der Waals surface area contributed by atoms with Gasteiger partial charge in [0.1, 0.15) is 23.4 Å². The van der Waals surface area contributed by atoms with Crippen LogP contribution in [0.5, 0.6) is 5.75 Å². The van der Waals surface area contributed by atoms with Gasteiger partial charge in [-0.3, -0.25) is 19.2 Å². The molecule has 0 radical (unpaired) electrons. The maximum atomic E-state index is 14.4. The molecule has 3 unspecified atom stereocenters. The molecule has 57 heavy (non-hydrogen) atoms.